The number of aryl methyl sites for hydroxylation is 1. The number of rotatable bonds is 5. The second-order valence-corrected chi connectivity index (χ2v) is 10.1. The van der Waals surface area contributed by atoms with Crippen molar-refractivity contribution in [2.45, 2.75) is 50.9 Å². The molecule has 0 heterocycles. The summed E-state index contributed by atoms with van der Waals surface area (Å²) < 4.78 is 5.17. The molecule has 4 fully saturated rings. The van der Waals surface area contributed by atoms with Crippen LogP contribution in [0.5, 0.6) is 5.75 Å². The zero-order valence-corrected chi connectivity index (χ0v) is 18.9. The van der Waals surface area contributed by atoms with E-state index in [0.717, 1.165) is 40.3 Å². The average molecular weight is 427 g/mol. The van der Waals surface area contributed by atoms with Crippen LogP contribution >= 0.6 is 0 Å². The second-order valence-electron chi connectivity index (χ2n) is 10.1. The highest BCUT2D eigenvalue weighted by atomic mass is 16.5. The number of benzene rings is 2. The highest BCUT2D eigenvalue weighted by Crippen LogP contribution is 2.60. The Bertz CT molecular complexity index is 1070. The number of anilines is 1. The van der Waals surface area contributed by atoms with Crippen molar-refractivity contribution >= 4 is 17.7 Å². The number of nitrogens with zero attached hydrogens (tertiary/aromatic N) is 1. The second kappa shape index (κ2) is 8.13. The average Bonchev–Trinajstić information content (AvgIpc) is 2.78. The van der Waals surface area contributed by atoms with Gasteiger partial charge in [0.15, 0.2) is 0 Å². The molecular weight excluding hydrogens is 396 g/mol. The van der Waals surface area contributed by atoms with Gasteiger partial charge in [0.05, 0.1) is 7.11 Å². The quantitative estimate of drug-likeness (QED) is 0.470. The molecule has 0 unspecified atom stereocenters. The van der Waals surface area contributed by atoms with Crippen molar-refractivity contribution < 1.29 is 9.53 Å². The third-order valence-electron chi connectivity index (χ3n) is 7.93. The summed E-state index contributed by atoms with van der Waals surface area (Å²) in [6.45, 7) is 2.01. The van der Waals surface area contributed by atoms with Crippen LogP contribution < -0.4 is 10.1 Å². The lowest BCUT2D eigenvalue weighted by molar-refractivity contribution is -0.112. The number of hydrogen-bond acceptors (Lipinski definition) is 3. The Balaban J connectivity index is 1.38. The third kappa shape index (κ3) is 3.81. The van der Waals surface area contributed by atoms with Gasteiger partial charge in [-0.1, -0.05) is 24.3 Å². The number of amides is 1. The van der Waals surface area contributed by atoms with Crippen molar-refractivity contribution in [3.05, 3.63) is 64.7 Å². The fourth-order valence-electron chi connectivity index (χ4n) is 6.76. The number of nitrogens with one attached hydrogen (secondary N) is 1. The number of nitriles is 1. The van der Waals surface area contributed by atoms with Crippen LogP contribution in [0.2, 0.25) is 0 Å². The van der Waals surface area contributed by atoms with Gasteiger partial charge in [-0.2, -0.15) is 5.26 Å². The van der Waals surface area contributed by atoms with E-state index in [1.54, 1.807) is 13.2 Å². The molecule has 164 valence electrons. The molecule has 0 atom stereocenters. The van der Waals surface area contributed by atoms with Crippen LogP contribution in [0.25, 0.3) is 6.08 Å². The largest absolute Gasteiger partial charge is 0.497 e. The van der Waals surface area contributed by atoms with Crippen molar-refractivity contribution in [1.29, 1.82) is 5.26 Å². The molecular formula is C28H30N2O2. The van der Waals surface area contributed by atoms with Gasteiger partial charge in [0.2, 0.25) is 0 Å². The van der Waals surface area contributed by atoms with Crippen molar-refractivity contribution in [1.82, 2.24) is 0 Å². The van der Waals surface area contributed by atoms with Crippen molar-refractivity contribution in [3.8, 4) is 11.8 Å². The monoisotopic (exact) mass is 426 g/mol. The molecule has 2 aromatic carbocycles. The standard InChI is InChI=1S/C28H30N2O2/c1-18-3-6-24(28-14-20-9-21(15-28)11-22(10-20)16-28)13-26(18)30-27(31)23(17-29)12-19-4-7-25(32-2)8-5-19/h3-8,12-13,20-22H,9-11,14-16H2,1-2H3,(H,30,31)/b23-12-. The van der Waals surface area contributed by atoms with E-state index < -0.39 is 0 Å². The smallest absolute Gasteiger partial charge is 0.266 e. The lowest BCUT2D eigenvalue weighted by Gasteiger charge is -2.57. The molecule has 1 amide bonds. The van der Waals surface area contributed by atoms with E-state index in [0.29, 0.717) is 0 Å². The van der Waals surface area contributed by atoms with Gasteiger partial charge < -0.3 is 10.1 Å². The van der Waals surface area contributed by atoms with Crippen LogP contribution in [-0.4, -0.2) is 13.0 Å². The Morgan fingerprint density at radius 2 is 1.69 bits per heavy atom. The summed E-state index contributed by atoms with van der Waals surface area (Å²) in [5, 5.41) is 12.6. The van der Waals surface area contributed by atoms with E-state index in [1.807, 2.05) is 31.2 Å². The number of carbonyl (C=O) groups excluding carboxylic acids is 1. The summed E-state index contributed by atoms with van der Waals surface area (Å²) in [7, 11) is 1.61. The molecule has 2 aromatic rings. The highest BCUT2D eigenvalue weighted by Gasteiger charge is 2.51. The molecule has 4 nitrogen and oxygen atoms in total. The molecule has 1 N–H and O–H groups in total. The Morgan fingerprint density at radius 3 is 2.25 bits per heavy atom. The maximum atomic E-state index is 13.0. The van der Waals surface area contributed by atoms with Gasteiger partial charge in [-0.05, 0) is 110 Å². The number of methoxy groups -OCH3 is 1. The minimum Gasteiger partial charge on any atom is -0.497 e. The number of carbonyl (C=O) groups is 1. The van der Waals surface area contributed by atoms with Crippen molar-refractivity contribution in [2.24, 2.45) is 17.8 Å². The molecule has 0 radical (unpaired) electrons. The van der Waals surface area contributed by atoms with E-state index in [2.05, 4.69) is 29.6 Å². The van der Waals surface area contributed by atoms with Crippen LogP contribution in [0.4, 0.5) is 5.69 Å². The molecule has 4 aliphatic carbocycles. The van der Waals surface area contributed by atoms with Crippen LogP contribution in [0.1, 0.15) is 55.2 Å². The molecule has 0 aromatic heterocycles. The molecule has 4 heteroatoms. The minimum absolute atomic E-state index is 0.0924. The molecule has 4 saturated carbocycles. The van der Waals surface area contributed by atoms with E-state index in [9.17, 15) is 10.1 Å². The van der Waals surface area contributed by atoms with Gasteiger partial charge in [0.25, 0.3) is 5.91 Å². The SMILES string of the molecule is COc1ccc(/C=C(/C#N)C(=O)Nc2cc(C34CC5CC(CC(C5)C3)C4)ccc2C)cc1. The Hall–Kier alpha value is -3.06. The minimum atomic E-state index is -0.367. The number of ether oxygens (including phenoxy) is 1. The summed E-state index contributed by atoms with van der Waals surface area (Å²) in [6.07, 6.45) is 9.72. The van der Waals surface area contributed by atoms with Crippen LogP contribution in [0.3, 0.4) is 0 Å². The first-order chi connectivity index (χ1) is 15.5. The first-order valence-corrected chi connectivity index (χ1v) is 11.7. The molecule has 0 saturated heterocycles. The first-order valence-electron chi connectivity index (χ1n) is 11.7. The summed E-state index contributed by atoms with van der Waals surface area (Å²) in [5.41, 5.74) is 4.37. The highest BCUT2D eigenvalue weighted by molar-refractivity contribution is 6.10. The summed E-state index contributed by atoms with van der Waals surface area (Å²) in [5.74, 6) is 2.99. The van der Waals surface area contributed by atoms with E-state index in [-0.39, 0.29) is 16.9 Å². The Kier molecular flexibility index (Phi) is 5.29. The van der Waals surface area contributed by atoms with Crippen LogP contribution in [0, 0.1) is 36.0 Å². The summed E-state index contributed by atoms with van der Waals surface area (Å²) in [6, 6.07) is 16.0. The predicted molar refractivity (Wildman–Crippen MR) is 126 cm³/mol. The molecule has 32 heavy (non-hydrogen) atoms. The van der Waals surface area contributed by atoms with Crippen LogP contribution in [0.15, 0.2) is 48.0 Å². The summed E-state index contributed by atoms with van der Waals surface area (Å²) >= 11 is 0. The predicted octanol–water partition coefficient (Wildman–Crippen LogP) is 6.02. The van der Waals surface area contributed by atoms with Gasteiger partial charge in [-0.3, -0.25) is 4.79 Å². The zero-order valence-electron chi connectivity index (χ0n) is 18.9. The maximum absolute atomic E-state index is 13.0. The lowest BCUT2D eigenvalue weighted by Crippen LogP contribution is -2.48. The van der Waals surface area contributed by atoms with Gasteiger partial charge >= 0.3 is 0 Å². The Morgan fingerprint density at radius 1 is 1.06 bits per heavy atom. The molecule has 0 aliphatic heterocycles. The van der Waals surface area contributed by atoms with Crippen molar-refractivity contribution in [3.63, 3.8) is 0 Å². The number of hydrogen-bond donors (Lipinski definition) is 1. The first kappa shape index (κ1) is 20.8. The molecule has 0 spiro atoms. The molecule has 6 rings (SSSR count). The zero-order chi connectivity index (χ0) is 22.3. The molecule has 4 bridgehead atoms. The third-order valence-corrected chi connectivity index (χ3v) is 7.93. The normalized spacial score (nSPS) is 28.3. The van der Waals surface area contributed by atoms with E-state index in [4.69, 9.17) is 4.74 Å². The van der Waals surface area contributed by atoms with Gasteiger partial charge in [0.1, 0.15) is 17.4 Å². The van der Waals surface area contributed by atoms with E-state index >= 15 is 0 Å². The maximum Gasteiger partial charge on any atom is 0.266 e. The van der Waals surface area contributed by atoms with Gasteiger partial charge in [-0.25, -0.2) is 0 Å². The topological polar surface area (TPSA) is 62.1 Å². The van der Waals surface area contributed by atoms with Crippen molar-refractivity contribution in [2.75, 3.05) is 12.4 Å². The summed E-state index contributed by atoms with van der Waals surface area (Å²) in [4.78, 5) is 13.0. The lowest BCUT2D eigenvalue weighted by atomic mass is 9.48. The fourth-order valence-corrected chi connectivity index (χ4v) is 6.76. The van der Waals surface area contributed by atoms with Crippen LogP contribution in [-0.2, 0) is 10.2 Å². The Labute approximate surface area is 190 Å². The molecule has 4 aliphatic rings. The fraction of sp³-hybridized carbons (Fsp3) is 0.429. The van der Waals surface area contributed by atoms with E-state index in [1.165, 1.54) is 44.1 Å². The van der Waals surface area contributed by atoms with Gasteiger partial charge in [0, 0.05) is 5.69 Å². The van der Waals surface area contributed by atoms with Gasteiger partial charge in [-0.15, -0.1) is 0 Å².